The van der Waals surface area contributed by atoms with E-state index in [1.165, 1.54) is 4.90 Å². The Morgan fingerprint density at radius 3 is 2.44 bits per heavy atom. The van der Waals surface area contributed by atoms with Gasteiger partial charge in [0.1, 0.15) is 5.70 Å². The molecule has 0 aromatic heterocycles. The molecule has 25 heavy (non-hydrogen) atoms. The average molecular weight is 425 g/mol. The number of nitrogens with zero attached hydrogens (tertiary/aromatic N) is 1. The summed E-state index contributed by atoms with van der Waals surface area (Å²) in [5.41, 5.74) is 7.32. The summed E-state index contributed by atoms with van der Waals surface area (Å²) in [7, 11) is 0. The predicted molar refractivity (Wildman–Crippen MR) is 101 cm³/mol. The van der Waals surface area contributed by atoms with Gasteiger partial charge in [0.15, 0.2) is 0 Å². The summed E-state index contributed by atoms with van der Waals surface area (Å²) in [6.45, 7) is 1.78. The van der Waals surface area contributed by atoms with Crippen LogP contribution in [0.4, 0.5) is 14.5 Å². The standard InChI is InChI=1S/C18H15BrF2N2OS/c1-10-23(15(17(20)21)16(25-10)18(22)24)14-5-3-2-4-13(14)11-6-8-12(19)9-7-11/h2-10,17H,1H3,(H2,22,24). The van der Waals surface area contributed by atoms with Crippen LogP contribution in [0.5, 0.6) is 0 Å². The number of para-hydroxylation sites is 1. The molecule has 1 amide bonds. The number of hydrogen-bond acceptors (Lipinski definition) is 3. The van der Waals surface area contributed by atoms with Gasteiger partial charge in [0, 0.05) is 15.7 Å². The number of nitrogens with two attached hydrogens (primary N) is 1. The molecule has 0 fully saturated rings. The molecule has 0 bridgehead atoms. The maximum Gasteiger partial charge on any atom is 0.279 e. The third-order valence-electron chi connectivity index (χ3n) is 3.89. The van der Waals surface area contributed by atoms with E-state index in [0.717, 1.165) is 27.4 Å². The lowest BCUT2D eigenvalue weighted by Crippen LogP contribution is -2.30. The molecule has 0 spiro atoms. The summed E-state index contributed by atoms with van der Waals surface area (Å²) in [6.07, 6.45) is -2.79. The number of benzene rings is 2. The third kappa shape index (κ3) is 3.43. The normalized spacial score (nSPS) is 17.5. The maximum atomic E-state index is 13.7. The SMILES string of the molecule is CC1SC(C(N)=O)=C(C(F)F)N1c1ccccc1-c1ccc(Br)cc1. The van der Waals surface area contributed by atoms with Gasteiger partial charge in [0.25, 0.3) is 12.3 Å². The highest BCUT2D eigenvalue weighted by atomic mass is 79.9. The van der Waals surface area contributed by atoms with Crippen molar-refractivity contribution in [1.29, 1.82) is 0 Å². The second kappa shape index (κ2) is 7.17. The number of hydrogen-bond donors (Lipinski definition) is 1. The number of amides is 1. The monoisotopic (exact) mass is 424 g/mol. The van der Waals surface area contributed by atoms with E-state index < -0.39 is 12.3 Å². The van der Waals surface area contributed by atoms with Crippen LogP contribution in [-0.2, 0) is 4.79 Å². The van der Waals surface area contributed by atoms with Crippen molar-refractivity contribution >= 4 is 39.3 Å². The fourth-order valence-corrected chi connectivity index (χ4v) is 4.22. The van der Waals surface area contributed by atoms with Gasteiger partial charge in [-0.05, 0) is 30.7 Å². The van der Waals surface area contributed by atoms with Crippen LogP contribution in [0.3, 0.4) is 0 Å². The molecule has 0 saturated heterocycles. The summed E-state index contributed by atoms with van der Waals surface area (Å²) < 4.78 is 28.4. The summed E-state index contributed by atoms with van der Waals surface area (Å²) in [6, 6.07) is 14.9. The molecule has 1 unspecified atom stereocenters. The number of primary amides is 1. The van der Waals surface area contributed by atoms with Gasteiger partial charge < -0.3 is 10.6 Å². The van der Waals surface area contributed by atoms with Gasteiger partial charge in [-0.15, -0.1) is 0 Å². The molecule has 0 aliphatic carbocycles. The Morgan fingerprint density at radius 1 is 1.20 bits per heavy atom. The largest absolute Gasteiger partial charge is 0.365 e. The van der Waals surface area contributed by atoms with E-state index in [2.05, 4.69) is 15.9 Å². The molecule has 1 aliphatic heterocycles. The van der Waals surface area contributed by atoms with Gasteiger partial charge >= 0.3 is 0 Å². The van der Waals surface area contributed by atoms with Gasteiger partial charge in [-0.25, -0.2) is 8.78 Å². The number of thioether (sulfide) groups is 1. The molecule has 1 heterocycles. The van der Waals surface area contributed by atoms with Crippen molar-refractivity contribution in [3.8, 4) is 11.1 Å². The Balaban J connectivity index is 2.16. The van der Waals surface area contributed by atoms with Gasteiger partial charge in [-0.3, -0.25) is 4.79 Å². The van der Waals surface area contributed by atoms with E-state index in [-0.39, 0.29) is 16.0 Å². The Hall–Kier alpha value is -1.86. The highest BCUT2D eigenvalue weighted by Gasteiger charge is 2.38. The maximum absolute atomic E-state index is 13.7. The quantitative estimate of drug-likeness (QED) is 0.752. The van der Waals surface area contributed by atoms with Crippen molar-refractivity contribution in [2.24, 2.45) is 5.73 Å². The molecule has 130 valence electrons. The highest BCUT2D eigenvalue weighted by molar-refractivity contribution is 9.10. The van der Waals surface area contributed by atoms with Crippen LogP contribution in [-0.4, -0.2) is 17.7 Å². The number of allylic oxidation sites excluding steroid dienone is 1. The Bertz CT molecular complexity index is 839. The fourth-order valence-electron chi connectivity index (χ4n) is 2.86. The average Bonchev–Trinajstić information content (AvgIpc) is 2.93. The van der Waals surface area contributed by atoms with Crippen molar-refractivity contribution in [1.82, 2.24) is 0 Å². The zero-order valence-corrected chi connectivity index (χ0v) is 15.7. The number of rotatable bonds is 4. The van der Waals surface area contributed by atoms with Crippen LogP contribution < -0.4 is 10.6 Å². The van der Waals surface area contributed by atoms with E-state index in [1.807, 2.05) is 36.4 Å². The smallest absolute Gasteiger partial charge is 0.279 e. The zero-order chi connectivity index (χ0) is 18.1. The Labute approximate surface area is 157 Å². The van der Waals surface area contributed by atoms with E-state index in [1.54, 1.807) is 19.1 Å². The minimum absolute atomic E-state index is 0.0758. The van der Waals surface area contributed by atoms with Gasteiger partial charge in [0.2, 0.25) is 0 Å². The molecule has 2 N–H and O–H groups in total. The molecule has 1 atom stereocenters. The number of alkyl halides is 2. The number of halogens is 3. The molecule has 7 heteroatoms. The van der Waals surface area contributed by atoms with Crippen molar-refractivity contribution in [3.63, 3.8) is 0 Å². The van der Waals surface area contributed by atoms with Crippen molar-refractivity contribution in [2.75, 3.05) is 4.90 Å². The van der Waals surface area contributed by atoms with E-state index in [0.29, 0.717) is 5.69 Å². The Kier molecular flexibility index (Phi) is 5.15. The zero-order valence-electron chi connectivity index (χ0n) is 13.2. The predicted octanol–water partition coefficient (Wildman–Crippen LogP) is 4.98. The lowest BCUT2D eigenvalue weighted by atomic mass is 10.0. The molecular weight excluding hydrogens is 410 g/mol. The summed E-state index contributed by atoms with van der Waals surface area (Å²) >= 11 is 4.46. The molecule has 1 aliphatic rings. The second-order valence-electron chi connectivity index (χ2n) is 5.49. The first-order chi connectivity index (χ1) is 11.9. The van der Waals surface area contributed by atoms with Crippen LogP contribution in [0.2, 0.25) is 0 Å². The minimum atomic E-state index is -2.79. The molecule has 2 aromatic carbocycles. The number of carbonyl (C=O) groups excluding carboxylic acids is 1. The van der Waals surface area contributed by atoms with Crippen LogP contribution >= 0.6 is 27.7 Å². The van der Waals surface area contributed by atoms with E-state index in [9.17, 15) is 13.6 Å². The molecule has 0 radical (unpaired) electrons. The summed E-state index contributed by atoms with van der Waals surface area (Å²) in [5.74, 6) is -0.823. The first-order valence-corrected chi connectivity index (χ1v) is 9.20. The molecule has 2 aromatic rings. The van der Waals surface area contributed by atoms with Gasteiger partial charge in [0.05, 0.1) is 10.3 Å². The van der Waals surface area contributed by atoms with Crippen LogP contribution in [0.25, 0.3) is 11.1 Å². The van der Waals surface area contributed by atoms with Crippen molar-refractivity contribution < 1.29 is 13.6 Å². The number of carbonyl (C=O) groups is 1. The molecule has 3 rings (SSSR count). The van der Waals surface area contributed by atoms with Gasteiger partial charge in [-0.1, -0.05) is 58.0 Å². The topological polar surface area (TPSA) is 46.3 Å². The molecule has 0 saturated carbocycles. The number of anilines is 1. The van der Waals surface area contributed by atoms with Crippen LogP contribution in [0, 0.1) is 0 Å². The van der Waals surface area contributed by atoms with E-state index in [4.69, 9.17) is 5.73 Å². The summed E-state index contributed by atoms with van der Waals surface area (Å²) in [4.78, 5) is 13.0. The minimum Gasteiger partial charge on any atom is -0.365 e. The third-order valence-corrected chi connectivity index (χ3v) is 5.62. The summed E-state index contributed by atoms with van der Waals surface area (Å²) in [5, 5.41) is -0.358. The van der Waals surface area contributed by atoms with Crippen LogP contribution in [0.1, 0.15) is 6.92 Å². The Morgan fingerprint density at radius 2 is 1.84 bits per heavy atom. The highest BCUT2D eigenvalue weighted by Crippen LogP contribution is 2.46. The van der Waals surface area contributed by atoms with Gasteiger partial charge in [-0.2, -0.15) is 0 Å². The first-order valence-electron chi connectivity index (χ1n) is 7.53. The lowest BCUT2D eigenvalue weighted by Gasteiger charge is -2.28. The van der Waals surface area contributed by atoms with Crippen molar-refractivity contribution in [2.45, 2.75) is 18.7 Å². The lowest BCUT2D eigenvalue weighted by molar-refractivity contribution is -0.114. The first kappa shape index (κ1) is 17.9. The molecule has 3 nitrogen and oxygen atoms in total. The van der Waals surface area contributed by atoms with Crippen molar-refractivity contribution in [3.05, 3.63) is 63.6 Å². The second-order valence-corrected chi connectivity index (χ2v) is 7.73. The molecular formula is C18H15BrF2N2OS. The van der Waals surface area contributed by atoms with Crippen LogP contribution in [0.15, 0.2) is 63.6 Å². The fraction of sp³-hybridized carbons (Fsp3) is 0.167. The van der Waals surface area contributed by atoms with E-state index >= 15 is 0 Å².